The number of hydrogen-bond acceptors (Lipinski definition) is 1. The SMILES string of the molecule is Cc1ccc(-c2ccccc2C(=S)c2ccccc2)cc1. The second kappa shape index (κ2) is 6.02. The standard InChI is InChI=1S/C20H16S/c1-15-11-13-16(14-12-15)18-9-5-6-10-19(18)20(21)17-7-3-2-4-8-17/h2-14H,1H3. The summed E-state index contributed by atoms with van der Waals surface area (Å²) in [4.78, 5) is 0.895. The van der Waals surface area contributed by atoms with Gasteiger partial charge in [-0.2, -0.15) is 0 Å². The lowest BCUT2D eigenvalue weighted by molar-refractivity contribution is 1.47. The van der Waals surface area contributed by atoms with Gasteiger partial charge < -0.3 is 0 Å². The van der Waals surface area contributed by atoms with Crippen LogP contribution in [0.3, 0.4) is 0 Å². The molecule has 0 atom stereocenters. The van der Waals surface area contributed by atoms with Gasteiger partial charge in [-0.3, -0.25) is 0 Å². The van der Waals surface area contributed by atoms with E-state index in [1.165, 1.54) is 16.7 Å². The smallest absolute Gasteiger partial charge is 0.0528 e. The molecule has 3 aromatic carbocycles. The molecule has 0 aliphatic heterocycles. The largest absolute Gasteiger partial charge is 0.0788 e. The molecule has 102 valence electrons. The lowest BCUT2D eigenvalue weighted by Gasteiger charge is -2.11. The van der Waals surface area contributed by atoms with Crippen molar-refractivity contribution >= 4 is 17.1 Å². The van der Waals surface area contributed by atoms with E-state index < -0.39 is 0 Å². The van der Waals surface area contributed by atoms with Crippen molar-refractivity contribution < 1.29 is 0 Å². The summed E-state index contributed by atoms with van der Waals surface area (Å²) in [6.07, 6.45) is 0. The molecule has 0 aromatic heterocycles. The number of benzene rings is 3. The number of thiocarbonyl (C=S) groups is 1. The van der Waals surface area contributed by atoms with Crippen LogP contribution < -0.4 is 0 Å². The monoisotopic (exact) mass is 288 g/mol. The predicted molar refractivity (Wildman–Crippen MR) is 93.9 cm³/mol. The minimum absolute atomic E-state index is 0.895. The van der Waals surface area contributed by atoms with Gasteiger partial charge in [-0.1, -0.05) is 96.6 Å². The number of aryl methyl sites for hydroxylation is 1. The van der Waals surface area contributed by atoms with Gasteiger partial charge in [-0.25, -0.2) is 0 Å². The van der Waals surface area contributed by atoms with Gasteiger partial charge in [-0.05, 0) is 23.6 Å². The molecule has 3 rings (SSSR count). The lowest BCUT2D eigenvalue weighted by atomic mass is 9.94. The van der Waals surface area contributed by atoms with E-state index in [1.54, 1.807) is 0 Å². The highest BCUT2D eigenvalue weighted by Gasteiger charge is 2.10. The van der Waals surface area contributed by atoms with Gasteiger partial charge >= 0.3 is 0 Å². The fourth-order valence-electron chi connectivity index (χ4n) is 2.41. The van der Waals surface area contributed by atoms with Gasteiger partial charge in [-0.15, -0.1) is 0 Å². The molecule has 0 saturated carbocycles. The Hall–Kier alpha value is -2.25. The molecule has 0 N–H and O–H groups in total. The van der Waals surface area contributed by atoms with Crippen LogP contribution in [0.4, 0.5) is 0 Å². The molecule has 0 amide bonds. The van der Waals surface area contributed by atoms with Gasteiger partial charge in [0.2, 0.25) is 0 Å². The lowest BCUT2D eigenvalue weighted by Crippen LogP contribution is -2.01. The van der Waals surface area contributed by atoms with Crippen LogP contribution in [0.25, 0.3) is 11.1 Å². The van der Waals surface area contributed by atoms with Crippen molar-refractivity contribution in [3.05, 3.63) is 95.6 Å². The van der Waals surface area contributed by atoms with Gasteiger partial charge in [0.15, 0.2) is 0 Å². The van der Waals surface area contributed by atoms with E-state index in [0.717, 1.165) is 16.0 Å². The normalized spacial score (nSPS) is 10.3. The zero-order chi connectivity index (χ0) is 14.7. The van der Waals surface area contributed by atoms with Crippen LogP contribution in [0.2, 0.25) is 0 Å². The molecule has 0 spiro atoms. The molecule has 0 unspecified atom stereocenters. The second-order valence-corrected chi connectivity index (χ2v) is 5.52. The molecule has 0 aliphatic carbocycles. The Morgan fingerprint density at radius 3 is 2.05 bits per heavy atom. The van der Waals surface area contributed by atoms with Gasteiger partial charge in [0, 0.05) is 5.56 Å². The number of rotatable bonds is 3. The highest BCUT2D eigenvalue weighted by atomic mass is 32.1. The molecule has 0 bridgehead atoms. The quantitative estimate of drug-likeness (QED) is 0.457. The Morgan fingerprint density at radius 2 is 1.33 bits per heavy atom. The van der Waals surface area contributed by atoms with Crippen LogP contribution in [-0.2, 0) is 0 Å². The highest BCUT2D eigenvalue weighted by molar-refractivity contribution is 7.81. The zero-order valence-corrected chi connectivity index (χ0v) is 12.7. The molecular formula is C20H16S. The first kappa shape index (κ1) is 13.7. The number of hydrogen-bond donors (Lipinski definition) is 0. The van der Waals surface area contributed by atoms with E-state index in [4.69, 9.17) is 12.2 Å². The van der Waals surface area contributed by atoms with E-state index in [9.17, 15) is 0 Å². The van der Waals surface area contributed by atoms with Crippen molar-refractivity contribution in [1.29, 1.82) is 0 Å². The second-order valence-electron chi connectivity index (χ2n) is 5.11. The minimum atomic E-state index is 0.895. The molecule has 3 aromatic rings. The summed E-state index contributed by atoms with van der Waals surface area (Å²) in [6.45, 7) is 2.10. The molecule has 0 fully saturated rings. The van der Waals surface area contributed by atoms with Crippen LogP contribution in [0.5, 0.6) is 0 Å². The van der Waals surface area contributed by atoms with E-state index in [-0.39, 0.29) is 0 Å². The highest BCUT2D eigenvalue weighted by Crippen LogP contribution is 2.26. The fraction of sp³-hybridized carbons (Fsp3) is 0.0500. The summed E-state index contributed by atoms with van der Waals surface area (Å²) in [5.74, 6) is 0. The Balaban J connectivity index is 2.08. The minimum Gasteiger partial charge on any atom is -0.0788 e. The molecule has 0 radical (unpaired) electrons. The van der Waals surface area contributed by atoms with E-state index in [1.807, 2.05) is 24.3 Å². The zero-order valence-electron chi connectivity index (χ0n) is 11.9. The molecule has 1 heteroatoms. The first-order valence-corrected chi connectivity index (χ1v) is 7.42. The van der Waals surface area contributed by atoms with E-state index in [2.05, 4.69) is 61.5 Å². The van der Waals surface area contributed by atoms with Crippen LogP contribution in [0.1, 0.15) is 16.7 Å². The summed E-state index contributed by atoms with van der Waals surface area (Å²) >= 11 is 5.70. The average Bonchev–Trinajstić information content (AvgIpc) is 2.56. The first-order valence-electron chi connectivity index (χ1n) is 7.01. The molecule has 0 saturated heterocycles. The summed E-state index contributed by atoms with van der Waals surface area (Å²) in [5, 5.41) is 0. The third-order valence-corrected chi connectivity index (χ3v) is 4.03. The summed E-state index contributed by atoms with van der Waals surface area (Å²) in [7, 11) is 0. The molecule has 0 nitrogen and oxygen atoms in total. The van der Waals surface area contributed by atoms with Crippen LogP contribution in [0, 0.1) is 6.92 Å². The van der Waals surface area contributed by atoms with Gasteiger partial charge in [0.25, 0.3) is 0 Å². The molecule has 0 heterocycles. The van der Waals surface area contributed by atoms with Crippen LogP contribution >= 0.6 is 12.2 Å². The maximum Gasteiger partial charge on any atom is 0.0528 e. The summed E-state index contributed by atoms with van der Waals surface area (Å²) in [6, 6.07) is 27.1. The van der Waals surface area contributed by atoms with Crippen molar-refractivity contribution in [2.45, 2.75) is 6.92 Å². The van der Waals surface area contributed by atoms with Crippen molar-refractivity contribution in [1.82, 2.24) is 0 Å². The Morgan fingerprint density at radius 1 is 0.714 bits per heavy atom. The third kappa shape index (κ3) is 2.93. The fourth-order valence-corrected chi connectivity index (χ4v) is 2.73. The van der Waals surface area contributed by atoms with Gasteiger partial charge in [0.1, 0.15) is 0 Å². The Bertz CT molecular complexity index is 755. The van der Waals surface area contributed by atoms with E-state index in [0.29, 0.717) is 0 Å². The molecular weight excluding hydrogens is 272 g/mol. The summed E-state index contributed by atoms with van der Waals surface area (Å²) < 4.78 is 0. The third-order valence-electron chi connectivity index (χ3n) is 3.57. The topological polar surface area (TPSA) is 0 Å². The molecule has 0 aliphatic rings. The van der Waals surface area contributed by atoms with Gasteiger partial charge in [0.05, 0.1) is 4.86 Å². The van der Waals surface area contributed by atoms with Crippen LogP contribution in [0.15, 0.2) is 78.9 Å². The first-order chi connectivity index (χ1) is 10.3. The van der Waals surface area contributed by atoms with Crippen molar-refractivity contribution in [3.63, 3.8) is 0 Å². The average molecular weight is 288 g/mol. The van der Waals surface area contributed by atoms with Crippen molar-refractivity contribution in [2.24, 2.45) is 0 Å². The maximum absolute atomic E-state index is 5.70. The Kier molecular flexibility index (Phi) is 3.94. The van der Waals surface area contributed by atoms with Crippen LogP contribution in [-0.4, -0.2) is 4.86 Å². The molecule has 21 heavy (non-hydrogen) atoms. The Labute approximate surface area is 131 Å². The van der Waals surface area contributed by atoms with E-state index >= 15 is 0 Å². The van der Waals surface area contributed by atoms with Crippen molar-refractivity contribution in [3.8, 4) is 11.1 Å². The maximum atomic E-state index is 5.70. The summed E-state index contributed by atoms with van der Waals surface area (Å²) in [5.41, 5.74) is 5.86. The predicted octanol–water partition coefficient (Wildman–Crippen LogP) is 5.43. The van der Waals surface area contributed by atoms with Crippen molar-refractivity contribution in [2.75, 3.05) is 0 Å².